The van der Waals surface area contributed by atoms with Gasteiger partial charge in [0.1, 0.15) is 11.8 Å². The number of esters is 2. The van der Waals surface area contributed by atoms with Gasteiger partial charge in [-0.3, -0.25) is 14.4 Å². The zero-order valence-corrected chi connectivity index (χ0v) is 11.8. The number of hydrogen-bond donors (Lipinski definition) is 1. The van der Waals surface area contributed by atoms with Gasteiger partial charge in [0.05, 0.1) is 14.2 Å². The normalized spacial score (nSPS) is 30.8. The van der Waals surface area contributed by atoms with Gasteiger partial charge in [0, 0.05) is 12.1 Å². The number of Topliss-reactive ketones (excluding diaryl/α,β-unsaturated/α-hetero) is 1. The highest BCUT2D eigenvalue weighted by atomic mass is 16.5. The van der Waals surface area contributed by atoms with Gasteiger partial charge in [-0.15, -0.1) is 0 Å². The molecule has 0 aromatic carbocycles. The van der Waals surface area contributed by atoms with Crippen molar-refractivity contribution in [2.24, 2.45) is 11.8 Å². The molecule has 0 amide bonds. The molecule has 1 aliphatic rings. The minimum Gasteiger partial charge on any atom is -0.468 e. The minimum atomic E-state index is -0.943. The number of ether oxygens (including phenoxy) is 2. The molecule has 6 nitrogen and oxygen atoms in total. The van der Waals surface area contributed by atoms with Crippen molar-refractivity contribution in [3.63, 3.8) is 0 Å². The number of hydrogen-bond acceptors (Lipinski definition) is 6. The molecule has 0 bridgehead atoms. The largest absolute Gasteiger partial charge is 0.468 e. The van der Waals surface area contributed by atoms with E-state index >= 15 is 0 Å². The molecule has 1 saturated heterocycles. The van der Waals surface area contributed by atoms with Gasteiger partial charge in [0.25, 0.3) is 0 Å². The summed E-state index contributed by atoms with van der Waals surface area (Å²) >= 11 is 0. The van der Waals surface area contributed by atoms with Crippen LogP contribution >= 0.6 is 0 Å². The first-order valence-corrected chi connectivity index (χ1v) is 6.47. The second-order valence-corrected chi connectivity index (χ2v) is 4.60. The van der Waals surface area contributed by atoms with Gasteiger partial charge in [-0.2, -0.15) is 0 Å². The number of rotatable bonds is 4. The maximum atomic E-state index is 12.4. The van der Waals surface area contributed by atoms with Crippen LogP contribution in [0.4, 0.5) is 0 Å². The first-order chi connectivity index (χ1) is 9.01. The Morgan fingerprint density at radius 2 is 1.37 bits per heavy atom. The van der Waals surface area contributed by atoms with Crippen LogP contribution in [0.5, 0.6) is 0 Å². The van der Waals surface area contributed by atoms with Crippen LogP contribution in [-0.2, 0) is 23.9 Å². The summed E-state index contributed by atoms with van der Waals surface area (Å²) in [5.41, 5.74) is 0. The molecule has 0 spiro atoms. The average molecular weight is 271 g/mol. The molecule has 1 fully saturated rings. The van der Waals surface area contributed by atoms with E-state index in [0.717, 1.165) is 0 Å². The smallest absolute Gasteiger partial charge is 0.317 e. The molecule has 0 saturated carbocycles. The summed E-state index contributed by atoms with van der Waals surface area (Å²) in [5.74, 6) is -3.50. The van der Waals surface area contributed by atoms with Crippen LogP contribution in [0.2, 0.25) is 0 Å². The standard InChI is InChI=1S/C13H21NO5/c1-5-7-9(12(16)18-3)11(15)10(13(17)19-4)8(6-2)14-7/h7-10,14H,5-6H2,1-4H3/t7-,8+,9?,10?. The Balaban J connectivity index is 3.09. The van der Waals surface area contributed by atoms with E-state index in [9.17, 15) is 14.4 Å². The topological polar surface area (TPSA) is 81.7 Å². The van der Waals surface area contributed by atoms with Gasteiger partial charge in [-0.25, -0.2) is 0 Å². The highest BCUT2D eigenvalue weighted by molar-refractivity contribution is 6.10. The van der Waals surface area contributed by atoms with Crippen LogP contribution in [0.25, 0.3) is 0 Å². The minimum absolute atomic E-state index is 0.300. The molecule has 0 radical (unpaired) electrons. The molecule has 0 aromatic heterocycles. The first kappa shape index (κ1) is 15.6. The van der Waals surface area contributed by atoms with Crippen molar-refractivity contribution in [1.29, 1.82) is 0 Å². The molecule has 108 valence electrons. The number of methoxy groups -OCH3 is 2. The van der Waals surface area contributed by atoms with Crippen LogP contribution in [0.1, 0.15) is 26.7 Å². The highest BCUT2D eigenvalue weighted by Crippen LogP contribution is 2.27. The summed E-state index contributed by atoms with van der Waals surface area (Å²) in [4.78, 5) is 35.9. The SMILES string of the molecule is CC[C@@H]1N[C@H](CC)C(C(=O)OC)C(=O)C1C(=O)OC. The van der Waals surface area contributed by atoms with E-state index in [2.05, 4.69) is 14.8 Å². The van der Waals surface area contributed by atoms with Crippen LogP contribution in [0.3, 0.4) is 0 Å². The fourth-order valence-corrected chi connectivity index (χ4v) is 2.58. The predicted octanol–water partition coefficient (Wildman–Crippen LogP) is 0.294. The number of nitrogens with one attached hydrogen (secondary N) is 1. The molecule has 2 unspecified atom stereocenters. The molecule has 4 atom stereocenters. The van der Waals surface area contributed by atoms with E-state index < -0.39 is 29.6 Å². The number of piperidine rings is 1. The van der Waals surface area contributed by atoms with Crippen LogP contribution < -0.4 is 5.32 Å². The van der Waals surface area contributed by atoms with Crippen LogP contribution in [-0.4, -0.2) is 44.0 Å². The van der Waals surface area contributed by atoms with Crippen molar-refractivity contribution < 1.29 is 23.9 Å². The summed E-state index contributed by atoms with van der Waals surface area (Å²) in [6.07, 6.45) is 1.21. The summed E-state index contributed by atoms with van der Waals surface area (Å²) in [5, 5.41) is 3.19. The maximum absolute atomic E-state index is 12.4. The molecule has 1 heterocycles. The zero-order chi connectivity index (χ0) is 14.6. The quantitative estimate of drug-likeness (QED) is 0.585. The summed E-state index contributed by atoms with van der Waals surface area (Å²) in [6.45, 7) is 3.76. The Morgan fingerprint density at radius 1 is 1.00 bits per heavy atom. The number of carbonyl (C=O) groups excluding carboxylic acids is 3. The first-order valence-electron chi connectivity index (χ1n) is 6.47. The Labute approximate surface area is 112 Å². The molecule has 0 aliphatic carbocycles. The lowest BCUT2D eigenvalue weighted by molar-refractivity contribution is -0.160. The van der Waals surface area contributed by atoms with Crippen LogP contribution in [0.15, 0.2) is 0 Å². The lowest BCUT2D eigenvalue weighted by Gasteiger charge is -2.38. The monoisotopic (exact) mass is 271 g/mol. The van der Waals surface area contributed by atoms with E-state index in [1.165, 1.54) is 14.2 Å². The molecule has 1 aliphatic heterocycles. The molecular formula is C13H21NO5. The van der Waals surface area contributed by atoms with Crippen molar-refractivity contribution >= 4 is 17.7 Å². The van der Waals surface area contributed by atoms with Gasteiger partial charge < -0.3 is 14.8 Å². The maximum Gasteiger partial charge on any atom is 0.317 e. The number of ketones is 1. The second kappa shape index (κ2) is 6.65. The van der Waals surface area contributed by atoms with Gasteiger partial charge in [0.15, 0.2) is 5.78 Å². The Kier molecular flexibility index (Phi) is 5.47. The lowest BCUT2D eigenvalue weighted by atomic mass is 9.77. The Hall–Kier alpha value is -1.43. The average Bonchev–Trinajstić information content (AvgIpc) is 2.44. The van der Waals surface area contributed by atoms with E-state index in [-0.39, 0.29) is 12.1 Å². The number of carbonyl (C=O) groups is 3. The van der Waals surface area contributed by atoms with E-state index in [1.807, 2.05) is 13.8 Å². The van der Waals surface area contributed by atoms with Crippen molar-refractivity contribution in [3.8, 4) is 0 Å². The van der Waals surface area contributed by atoms with E-state index in [1.54, 1.807) is 0 Å². The molecule has 0 aromatic rings. The van der Waals surface area contributed by atoms with Crippen LogP contribution in [0, 0.1) is 11.8 Å². The van der Waals surface area contributed by atoms with Gasteiger partial charge >= 0.3 is 11.9 Å². The Morgan fingerprint density at radius 3 is 1.63 bits per heavy atom. The third-order valence-electron chi connectivity index (χ3n) is 3.64. The molecule has 19 heavy (non-hydrogen) atoms. The van der Waals surface area contributed by atoms with Gasteiger partial charge in [-0.1, -0.05) is 13.8 Å². The zero-order valence-electron chi connectivity index (χ0n) is 11.8. The van der Waals surface area contributed by atoms with Crippen molar-refractivity contribution in [2.75, 3.05) is 14.2 Å². The van der Waals surface area contributed by atoms with Crippen molar-refractivity contribution in [1.82, 2.24) is 5.32 Å². The summed E-state index contributed by atoms with van der Waals surface area (Å²) < 4.78 is 9.34. The van der Waals surface area contributed by atoms with Gasteiger partial charge in [-0.05, 0) is 12.8 Å². The third kappa shape index (κ3) is 2.94. The van der Waals surface area contributed by atoms with E-state index in [0.29, 0.717) is 12.8 Å². The third-order valence-corrected chi connectivity index (χ3v) is 3.64. The molecule has 1 rings (SSSR count). The fraction of sp³-hybridized carbons (Fsp3) is 0.769. The van der Waals surface area contributed by atoms with Crippen molar-refractivity contribution in [2.45, 2.75) is 38.8 Å². The summed E-state index contributed by atoms with van der Waals surface area (Å²) in [6, 6.07) is -0.600. The molecular weight excluding hydrogens is 250 g/mol. The highest BCUT2D eigenvalue weighted by Gasteiger charge is 2.49. The molecule has 1 N–H and O–H groups in total. The predicted molar refractivity (Wildman–Crippen MR) is 67.3 cm³/mol. The second-order valence-electron chi connectivity index (χ2n) is 4.60. The van der Waals surface area contributed by atoms with Crippen molar-refractivity contribution in [3.05, 3.63) is 0 Å². The lowest BCUT2D eigenvalue weighted by Crippen LogP contribution is -2.61. The van der Waals surface area contributed by atoms with E-state index in [4.69, 9.17) is 0 Å². The van der Waals surface area contributed by atoms with Gasteiger partial charge in [0.2, 0.25) is 0 Å². The summed E-state index contributed by atoms with van der Waals surface area (Å²) in [7, 11) is 2.47. The molecule has 6 heteroatoms. The fourth-order valence-electron chi connectivity index (χ4n) is 2.58. The Bertz CT molecular complexity index is 336.